The van der Waals surface area contributed by atoms with Gasteiger partial charge in [-0.2, -0.15) is 0 Å². The molecule has 2 N–H and O–H groups in total. The Labute approximate surface area is 171 Å². The van der Waals surface area contributed by atoms with Gasteiger partial charge in [0.1, 0.15) is 6.04 Å². The topological polar surface area (TPSA) is 84.5 Å². The first-order chi connectivity index (χ1) is 13.5. The molecule has 6 nitrogen and oxygen atoms in total. The fourth-order valence-corrected chi connectivity index (χ4v) is 5.04. The number of hydrogen-bond donors (Lipinski definition) is 2. The van der Waals surface area contributed by atoms with Crippen LogP contribution in [-0.2, 0) is 26.1 Å². The summed E-state index contributed by atoms with van der Waals surface area (Å²) in [6.45, 7) is 2.98. The molecule has 1 aliphatic heterocycles. The molecule has 1 saturated heterocycles. The molecule has 0 spiro atoms. The van der Waals surface area contributed by atoms with Gasteiger partial charge in [0.2, 0.25) is 5.91 Å². The zero-order chi connectivity index (χ0) is 19.9. The molecule has 28 heavy (non-hydrogen) atoms. The molecule has 0 aliphatic carbocycles. The molecule has 2 unspecified atom stereocenters. The van der Waals surface area contributed by atoms with Gasteiger partial charge in [0, 0.05) is 40.7 Å². The molecule has 0 saturated carbocycles. The lowest BCUT2D eigenvalue weighted by Crippen LogP contribution is -2.41. The van der Waals surface area contributed by atoms with Crippen LogP contribution in [0.3, 0.4) is 0 Å². The molecule has 2 amide bonds. The van der Waals surface area contributed by atoms with Crippen molar-refractivity contribution in [2.45, 2.75) is 36.8 Å². The van der Waals surface area contributed by atoms with E-state index in [0.29, 0.717) is 29.5 Å². The van der Waals surface area contributed by atoms with Crippen molar-refractivity contribution >= 4 is 39.6 Å². The van der Waals surface area contributed by atoms with Crippen molar-refractivity contribution in [2.24, 2.45) is 0 Å². The van der Waals surface area contributed by atoms with Crippen molar-refractivity contribution in [1.29, 1.82) is 0 Å². The average Bonchev–Trinajstić information content (AvgIpc) is 3.24. The van der Waals surface area contributed by atoms with Gasteiger partial charge in [0.15, 0.2) is 0 Å². The second kappa shape index (κ2) is 9.95. The van der Waals surface area contributed by atoms with Crippen molar-refractivity contribution in [3.05, 3.63) is 52.2 Å². The molecule has 2 atom stereocenters. The zero-order valence-electron chi connectivity index (χ0n) is 15.7. The summed E-state index contributed by atoms with van der Waals surface area (Å²) in [4.78, 5) is 25.0. The number of ether oxygens (including phenoxy) is 1. The van der Waals surface area contributed by atoms with Gasteiger partial charge in [-0.1, -0.05) is 18.2 Å². The predicted molar refractivity (Wildman–Crippen MR) is 112 cm³/mol. The van der Waals surface area contributed by atoms with E-state index in [9.17, 15) is 13.8 Å². The quantitative estimate of drug-likeness (QED) is 0.721. The molecule has 3 rings (SSSR count). The Morgan fingerprint density at radius 3 is 2.75 bits per heavy atom. The van der Waals surface area contributed by atoms with Crippen LogP contribution >= 0.6 is 11.3 Å². The minimum absolute atomic E-state index is 0.166. The molecule has 0 bridgehead atoms. The molecule has 0 radical (unpaired) electrons. The maximum atomic E-state index is 12.6. The Kier molecular flexibility index (Phi) is 7.36. The lowest BCUT2D eigenvalue weighted by atomic mass is 10.2. The maximum absolute atomic E-state index is 12.6. The van der Waals surface area contributed by atoms with E-state index in [1.54, 1.807) is 25.1 Å². The molecular formula is C20H24N2O4S2. The number of nitrogens with one attached hydrogen (secondary N) is 2. The first kappa shape index (κ1) is 20.7. The Hall–Kier alpha value is -2.03. The number of rotatable bonds is 7. The summed E-state index contributed by atoms with van der Waals surface area (Å²) in [7, 11) is -0.961. The van der Waals surface area contributed by atoms with E-state index < -0.39 is 16.8 Å². The molecule has 8 heteroatoms. The van der Waals surface area contributed by atoms with Crippen LogP contribution in [0, 0.1) is 0 Å². The number of thiophene rings is 1. The second-order valence-corrected chi connectivity index (χ2v) is 9.36. The molecule has 2 heterocycles. The van der Waals surface area contributed by atoms with Crippen LogP contribution in [0.15, 0.2) is 41.8 Å². The Morgan fingerprint density at radius 1 is 1.25 bits per heavy atom. The number of carbonyl (C=O) groups is 2. The highest BCUT2D eigenvalue weighted by atomic mass is 32.2. The van der Waals surface area contributed by atoms with Crippen LogP contribution in [0.1, 0.15) is 35.0 Å². The first-order valence-corrected chi connectivity index (χ1v) is 11.5. The van der Waals surface area contributed by atoms with Crippen LogP contribution in [0.5, 0.6) is 0 Å². The summed E-state index contributed by atoms with van der Waals surface area (Å²) >= 11 is 1.33. The Morgan fingerprint density at radius 2 is 2.04 bits per heavy atom. The van der Waals surface area contributed by atoms with E-state index in [1.165, 1.54) is 11.3 Å². The van der Waals surface area contributed by atoms with Gasteiger partial charge in [-0.3, -0.25) is 13.8 Å². The van der Waals surface area contributed by atoms with Crippen LogP contribution < -0.4 is 10.6 Å². The molecule has 1 aromatic heterocycles. The van der Waals surface area contributed by atoms with Crippen molar-refractivity contribution in [3.8, 4) is 0 Å². The second-order valence-electron chi connectivity index (χ2n) is 6.70. The number of carbonyl (C=O) groups excluding carboxylic acids is 2. The van der Waals surface area contributed by atoms with Crippen molar-refractivity contribution in [1.82, 2.24) is 5.32 Å². The van der Waals surface area contributed by atoms with E-state index in [1.807, 2.05) is 23.6 Å². The summed E-state index contributed by atoms with van der Waals surface area (Å²) in [6, 6.07) is 10.2. The van der Waals surface area contributed by atoms with Gasteiger partial charge >= 0.3 is 0 Å². The lowest BCUT2D eigenvalue weighted by molar-refractivity contribution is -0.117. The highest BCUT2D eigenvalue weighted by molar-refractivity contribution is 7.84. The lowest BCUT2D eigenvalue weighted by Gasteiger charge is -2.21. The van der Waals surface area contributed by atoms with Crippen LogP contribution in [0.2, 0.25) is 0 Å². The molecule has 1 aliphatic rings. The third kappa shape index (κ3) is 5.73. The summed E-state index contributed by atoms with van der Waals surface area (Å²) < 4.78 is 17.9. The minimum Gasteiger partial charge on any atom is -0.381 e. The van der Waals surface area contributed by atoms with E-state index in [-0.39, 0.29) is 17.1 Å². The highest BCUT2D eigenvalue weighted by Crippen LogP contribution is 2.19. The van der Waals surface area contributed by atoms with Crippen LogP contribution in [0.25, 0.3) is 0 Å². The number of anilines is 1. The average molecular weight is 421 g/mol. The van der Waals surface area contributed by atoms with Gasteiger partial charge in [-0.15, -0.1) is 11.3 Å². The molecule has 150 valence electrons. The zero-order valence-corrected chi connectivity index (χ0v) is 17.3. The summed E-state index contributed by atoms with van der Waals surface area (Å²) in [5.74, 6) is -0.107. The standard InChI is InChI=1S/C20H24N2O4S2/c1-14(21-20(24)18-6-3-11-27-18)19(23)22-16-5-2-4-15(12-16)13-28(25)17-7-9-26-10-8-17/h2-6,11-12,14,17H,7-10,13H2,1H3,(H,21,24)(H,22,23). The van der Waals surface area contributed by atoms with E-state index in [2.05, 4.69) is 10.6 Å². The fourth-order valence-electron chi connectivity index (χ4n) is 2.95. The molecule has 2 aromatic rings. The molecule has 1 aromatic carbocycles. The number of benzene rings is 1. The van der Waals surface area contributed by atoms with Crippen molar-refractivity contribution < 1.29 is 18.5 Å². The van der Waals surface area contributed by atoms with Crippen molar-refractivity contribution in [2.75, 3.05) is 18.5 Å². The van der Waals surface area contributed by atoms with E-state index in [0.717, 1.165) is 18.4 Å². The van der Waals surface area contributed by atoms with Crippen molar-refractivity contribution in [3.63, 3.8) is 0 Å². The van der Waals surface area contributed by atoms with E-state index in [4.69, 9.17) is 4.74 Å². The van der Waals surface area contributed by atoms with Crippen LogP contribution in [-0.4, -0.2) is 40.5 Å². The smallest absolute Gasteiger partial charge is 0.261 e. The van der Waals surface area contributed by atoms with E-state index >= 15 is 0 Å². The molecular weight excluding hydrogens is 396 g/mol. The summed E-state index contributed by atoms with van der Waals surface area (Å²) in [5.41, 5.74) is 1.54. The Balaban J connectivity index is 1.55. The van der Waals surface area contributed by atoms with Gasteiger partial charge in [-0.05, 0) is 48.9 Å². The third-order valence-electron chi connectivity index (χ3n) is 4.53. The fraction of sp³-hybridized carbons (Fsp3) is 0.400. The summed E-state index contributed by atoms with van der Waals surface area (Å²) in [6.07, 6.45) is 1.65. The number of hydrogen-bond acceptors (Lipinski definition) is 5. The normalized spacial score (nSPS) is 16.9. The Bertz CT molecular complexity index is 832. The van der Waals surface area contributed by atoms with Gasteiger partial charge in [0.05, 0.1) is 4.88 Å². The SMILES string of the molecule is CC(NC(=O)c1cccs1)C(=O)Nc1cccc(CS(=O)C2CCOCC2)c1. The largest absolute Gasteiger partial charge is 0.381 e. The van der Waals surface area contributed by atoms with Gasteiger partial charge in [-0.25, -0.2) is 0 Å². The predicted octanol–water partition coefficient (Wildman–Crippen LogP) is 2.93. The van der Waals surface area contributed by atoms with Gasteiger partial charge in [0.25, 0.3) is 5.91 Å². The number of amides is 2. The minimum atomic E-state index is -0.961. The maximum Gasteiger partial charge on any atom is 0.261 e. The highest BCUT2D eigenvalue weighted by Gasteiger charge is 2.21. The third-order valence-corrected chi connectivity index (χ3v) is 7.23. The monoisotopic (exact) mass is 420 g/mol. The molecule has 1 fully saturated rings. The van der Waals surface area contributed by atoms with Crippen LogP contribution in [0.4, 0.5) is 5.69 Å². The first-order valence-electron chi connectivity index (χ1n) is 9.22. The van der Waals surface area contributed by atoms with Gasteiger partial charge < -0.3 is 15.4 Å². The summed E-state index contributed by atoms with van der Waals surface area (Å²) in [5, 5.41) is 7.49.